The fourth-order valence-corrected chi connectivity index (χ4v) is 4.38. The lowest BCUT2D eigenvalue weighted by Crippen LogP contribution is -2.37. The van der Waals surface area contributed by atoms with Crippen LogP contribution in [-0.2, 0) is 6.42 Å². The van der Waals surface area contributed by atoms with Gasteiger partial charge in [-0.15, -0.1) is 11.3 Å². The summed E-state index contributed by atoms with van der Waals surface area (Å²) in [6.07, 6.45) is 1.03. The van der Waals surface area contributed by atoms with Crippen LogP contribution in [0.2, 0.25) is 0 Å². The average Bonchev–Trinajstić information content (AvgIpc) is 2.80. The predicted octanol–water partition coefficient (Wildman–Crippen LogP) is 2.78. The summed E-state index contributed by atoms with van der Waals surface area (Å²) in [6.45, 7) is 6.51. The van der Waals surface area contributed by atoms with Gasteiger partial charge in [0.05, 0.1) is 5.39 Å². The van der Waals surface area contributed by atoms with Gasteiger partial charge in [-0.05, 0) is 12.5 Å². The molecule has 1 aliphatic rings. The van der Waals surface area contributed by atoms with Crippen molar-refractivity contribution in [2.24, 2.45) is 0 Å². The van der Waals surface area contributed by atoms with Gasteiger partial charge in [-0.25, -0.2) is 4.98 Å². The number of hydrogen-bond acceptors (Lipinski definition) is 6. The van der Waals surface area contributed by atoms with E-state index in [4.69, 9.17) is 5.73 Å². The molecule has 2 aromatic heterocycles. The first-order valence-electron chi connectivity index (χ1n) is 6.60. The topological polar surface area (TPSA) is 55.0 Å². The Morgan fingerprint density at radius 3 is 3.05 bits per heavy atom. The molecule has 102 valence electrons. The van der Waals surface area contributed by atoms with E-state index in [2.05, 4.69) is 34.8 Å². The molecular weight excluding hydrogens is 276 g/mol. The summed E-state index contributed by atoms with van der Waals surface area (Å²) < 4.78 is 0. The van der Waals surface area contributed by atoms with Crippen LogP contribution in [0, 0.1) is 0 Å². The molecule has 6 heteroatoms. The van der Waals surface area contributed by atoms with Crippen molar-refractivity contribution < 1.29 is 0 Å². The van der Waals surface area contributed by atoms with Crippen LogP contribution >= 0.6 is 23.1 Å². The quantitative estimate of drug-likeness (QED) is 0.923. The molecule has 1 aliphatic heterocycles. The number of thioether (sulfide) groups is 1. The van der Waals surface area contributed by atoms with E-state index >= 15 is 0 Å². The van der Waals surface area contributed by atoms with Crippen molar-refractivity contribution in [2.45, 2.75) is 25.5 Å². The van der Waals surface area contributed by atoms with Crippen molar-refractivity contribution in [1.29, 1.82) is 0 Å². The Labute approximate surface area is 121 Å². The molecule has 1 saturated heterocycles. The zero-order valence-corrected chi connectivity index (χ0v) is 12.9. The zero-order valence-electron chi connectivity index (χ0n) is 11.2. The average molecular weight is 294 g/mol. The molecule has 3 rings (SSSR count). The van der Waals surface area contributed by atoms with Crippen LogP contribution in [0.25, 0.3) is 10.2 Å². The Morgan fingerprint density at radius 2 is 2.32 bits per heavy atom. The minimum atomic E-state index is 0.387. The Morgan fingerprint density at radius 1 is 1.47 bits per heavy atom. The SMILES string of the molecule is CCc1cc2c(N3CCSC(C)C3)nc(N)nc2s1. The van der Waals surface area contributed by atoms with Gasteiger partial charge < -0.3 is 10.6 Å². The number of thiophene rings is 1. The van der Waals surface area contributed by atoms with Crippen molar-refractivity contribution in [2.75, 3.05) is 29.5 Å². The van der Waals surface area contributed by atoms with Gasteiger partial charge in [0.25, 0.3) is 0 Å². The third-order valence-electron chi connectivity index (χ3n) is 3.33. The summed E-state index contributed by atoms with van der Waals surface area (Å²) in [5, 5.41) is 1.81. The van der Waals surface area contributed by atoms with Crippen molar-refractivity contribution >= 4 is 45.1 Å². The second-order valence-corrected chi connectivity index (χ2v) is 7.48. The molecule has 1 unspecified atom stereocenters. The van der Waals surface area contributed by atoms with Gasteiger partial charge in [0.15, 0.2) is 0 Å². The molecule has 0 aromatic carbocycles. The summed E-state index contributed by atoms with van der Waals surface area (Å²) >= 11 is 3.75. The van der Waals surface area contributed by atoms with Crippen molar-refractivity contribution in [3.63, 3.8) is 0 Å². The summed E-state index contributed by atoms with van der Waals surface area (Å²) in [7, 11) is 0. The van der Waals surface area contributed by atoms with Gasteiger partial charge >= 0.3 is 0 Å². The molecule has 0 bridgehead atoms. The van der Waals surface area contributed by atoms with Crippen molar-refractivity contribution in [3.8, 4) is 0 Å². The van der Waals surface area contributed by atoms with Gasteiger partial charge in [-0.3, -0.25) is 0 Å². The molecule has 2 N–H and O–H groups in total. The van der Waals surface area contributed by atoms with E-state index in [1.54, 1.807) is 11.3 Å². The van der Waals surface area contributed by atoms with Crippen LogP contribution in [0.4, 0.5) is 11.8 Å². The number of hydrogen-bond donors (Lipinski definition) is 1. The predicted molar refractivity (Wildman–Crippen MR) is 85.3 cm³/mol. The monoisotopic (exact) mass is 294 g/mol. The number of nitrogens with two attached hydrogens (primary N) is 1. The van der Waals surface area contributed by atoms with E-state index in [-0.39, 0.29) is 0 Å². The van der Waals surface area contributed by atoms with Crippen LogP contribution in [0.5, 0.6) is 0 Å². The number of anilines is 2. The highest BCUT2D eigenvalue weighted by molar-refractivity contribution is 8.00. The molecular formula is C13H18N4S2. The largest absolute Gasteiger partial charge is 0.368 e. The Bertz CT molecular complexity index is 596. The lowest BCUT2D eigenvalue weighted by molar-refractivity contribution is 0.773. The number of aryl methyl sites for hydroxylation is 1. The third-order valence-corrected chi connectivity index (χ3v) is 5.64. The summed E-state index contributed by atoms with van der Waals surface area (Å²) in [4.78, 5) is 13.6. The molecule has 0 amide bonds. The molecule has 2 aromatic rings. The second-order valence-electron chi connectivity index (χ2n) is 4.82. The molecule has 3 heterocycles. The standard InChI is InChI=1S/C13H18N4S2/c1-3-9-6-10-11(15-13(14)16-12(10)19-9)17-4-5-18-8(2)7-17/h6,8H,3-5,7H2,1-2H3,(H2,14,15,16). The number of nitrogens with zero attached hydrogens (tertiary/aromatic N) is 3. The van der Waals surface area contributed by atoms with Crippen molar-refractivity contribution in [1.82, 2.24) is 9.97 Å². The highest BCUT2D eigenvalue weighted by Gasteiger charge is 2.21. The maximum Gasteiger partial charge on any atom is 0.223 e. The zero-order chi connectivity index (χ0) is 13.4. The fraction of sp³-hybridized carbons (Fsp3) is 0.538. The molecule has 1 atom stereocenters. The molecule has 4 nitrogen and oxygen atoms in total. The minimum absolute atomic E-state index is 0.387. The van der Waals surface area contributed by atoms with Crippen LogP contribution in [0.15, 0.2) is 6.07 Å². The third kappa shape index (κ3) is 2.51. The first-order valence-corrected chi connectivity index (χ1v) is 8.46. The van der Waals surface area contributed by atoms with E-state index in [1.807, 2.05) is 11.8 Å². The summed E-state index contributed by atoms with van der Waals surface area (Å²) in [5.41, 5.74) is 5.87. The highest BCUT2D eigenvalue weighted by Crippen LogP contribution is 2.33. The second kappa shape index (κ2) is 5.17. The van der Waals surface area contributed by atoms with E-state index in [0.29, 0.717) is 11.2 Å². The van der Waals surface area contributed by atoms with E-state index in [0.717, 1.165) is 41.3 Å². The molecule has 0 aliphatic carbocycles. The lowest BCUT2D eigenvalue weighted by Gasteiger charge is -2.31. The van der Waals surface area contributed by atoms with Gasteiger partial charge in [0.2, 0.25) is 5.95 Å². The summed E-state index contributed by atoms with van der Waals surface area (Å²) in [5.74, 6) is 2.56. The van der Waals surface area contributed by atoms with Gasteiger partial charge in [0.1, 0.15) is 10.6 Å². The normalized spacial score (nSPS) is 20.1. The number of fused-ring (bicyclic) bond motifs is 1. The van der Waals surface area contributed by atoms with Crippen LogP contribution in [0.3, 0.4) is 0 Å². The highest BCUT2D eigenvalue weighted by atomic mass is 32.2. The van der Waals surface area contributed by atoms with Gasteiger partial charge in [0, 0.05) is 29.0 Å². The van der Waals surface area contributed by atoms with Gasteiger partial charge in [-0.2, -0.15) is 16.7 Å². The fourth-order valence-electron chi connectivity index (χ4n) is 2.40. The van der Waals surface area contributed by atoms with E-state index in [9.17, 15) is 0 Å². The molecule has 0 saturated carbocycles. The smallest absolute Gasteiger partial charge is 0.223 e. The Balaban J connectivity index is 2.08. The van der Waals surface area contributed by atoms with Gasteiger partial charge in [-0.1, -0.05) is 13.8 Å². The minimum Gasteiger partial charge on any atom is -0.368 e. The lowest BCUT2D eigenvalue weighted by atomic mass is 10.2. The summed E-state index contributed by atoms with van der Waals surface area (Å²) in [6, 6.07) is 2.22. The molecule has 0 spiro atoms. The molecule has 0 radical (unpaired) electrons. The number of nitrogen functional groups attached to an aromatic ring is 1. The molecule has 1 fully saturated rings. The number of rotatable bonds is 2. The molecule has 19 heavy (non-hydrogen) atoms. The number of aromatic nitrogens is 2. The van der Waals surface area contributed by atoms with E-state index < -0.39 is 0 Å². The van der Waals surface area contributed by atoms with Crippen LogP contribution in [0.1, 0.15) is 18.7 Å². The maximum atomic E-state index is 5.87. The Hall–Kier alpha value is -1.01. The first kappa shape index (κ1) is 13.0. The van der Waals surface area contributed by atoms with Crippen LogP contribution in [-0.4, -0.2) is 34.1 Å². The first-order chi connectivity index (χ1) is 9.17. The van der Waals surface area contributed by atoms with Crippen molar-refractivity contribution in [3.05, 3.63) is 10.9 Å². The van der Waals surface area contributed by atoms with E-state index in [1.165, 1.54) is 4.88 Å². The van der Waals surface area contributed by atoms with Crippen LogP contribution < -0.4 is 10.6 Å². The Kier molecular flexibility index (Phi) is 3.54. The maximum absolute atomic E-state index is 5.87.